The molecule has 18 heavy (non-hydrogen) atoms. The predicted octanol–water partition coefficient (Wildman–Crippen LogP) is -0.0334. The molecule has 0 atom stereocenters. The van der Waals surface area contributed by atoms with E-state index in [4.69, 9.17) is 15.2 Å². The SMILES string of the molecule is CS(=O)(=O)c1c(OC2COC2)cccc1C(N)=O. The summed E-state index contributed by atoms with van der Waals surface area (Å²) in [5, 5.41) is 0. The number of benzene rings is 1. The van der Waals surface area contributed by atoms with Gasteiger partial charge in [0.1, 0.15) is 16.7 Å². The Morgan fingerprint density at radius 2 is 2.11 bits per heavy atom. The first-order valence-corrected chi connectivity index (χ1v) is 7.16. The molecular weight excluding hydrogens is 258 g/mol. The van der Waals surface area contributed by atoms with Crippen LogP contribution in [0.15, 0.2) is 23.1 Å². The molecule has 0 aromatic heterocycles. The lowest BCUT2D eigenvalue weighted by Gasteiger charge is -2.27. The standard InChI is InChI=1S/C11H13NO5S/c1-18(14,15)10-8(11(12)13)3-2-4-9(10)17-7-5-16-6-7/h2-4,7H,5-6H2,1H3,(H2,12,13). The molecule has 1 amide bonds. The number of carbonyl (C=O) groups excluding carboxylic acids is 1. The molecule has 2 N–H and O–H groups in total. The van der Waals surface area contributed by atoms with Crippen LogP contribution in [0.5, 0.6) is 5.75 Å². The molecule has 1 fully saturated rings. The van der Waals surface area contributed by atoms with Crippen molar-refractivity contribution in [1.29, 1.82) is 0 Å². The zero-order valence-electron chi connectivity index (χ0n) is 9.75. The minimum absolute atomic E-state index is 0.0600. The lowest BCUT2D eigenvalue weighted by molar-refractivity contribution is -0.0807. The molecule has 1 aromatic carbocycles. The smallest absolute Gasteiger partial charge is 0.250 e. The Kier molecular flexibility index (Phi) is 3.27. The van der Waals surface area contributed by atoms with E-state index in [0.29, 0.717) is 13.2 Å². The van der Waals surface area contributed by atoms with Gasteiger partial charge in [-0.25, -0.2) is 8.42 Å². The maximum Gasteiger partial charge on any atom is 0.250 e. The Morgan fingerprint density at radius 1 is 1.44 bits per heavy atom. The van der Waals surface area contributed by atoms with Crippen LogP contribution in [0.25, 0.3) is 0 Å². The van der Waals surface area contributed by atoms with Crippen LogP contribution in [0.3, 0.4) is 0 Å². The van der Waals surface area contributed by atoms with Crippen molar-refractivity contribution in [3.8, 4) is 5.75 Å². The maximum absolute atomic E-state index is 11.7. The van der Waals surface area contributed by atoms with Crippen molar-refractivity contribution in [2.24, 2.45) is 5.73 Å². The van der Waals surface area contributed by atoms with Crippen LogP contribution in [0, 0.1) is 0 Å². The maximum atomic E-state index is 11.7. The third-order valence-corrected chi connectivity index (χ3v) is 3.68. The van der Waals surface area contributed by atoms with E-state index in [9.17, 15) is 13.2 Å². The lowest BCUT2D eigenvalue weighted by Crippen LogP contribution is -2.39. The molecule has 1 aromatic rings. The number of rotatable bonds is 4. The summed E-state index contributed by atoms with van der Waals surface area (Å²) in [6.07, 6.45) is 0.826. The van der Waals surface area contributed by atoms with Crippen LogP contribution in [-0.4, -0.2) is 39.9 Å². The average molecular weight is 271 g/mol. The Bertz CT molecular complexity index is 577. The molecule has 0 spiro atoms. The quantitative estimate of drug-likeness (QED) is 0.829. The van der Waals surface area contributed by atoms with Crippen molar-refractivity contribution >= 4 is 15.7 Å². The number of sulfone groups is 1. The van der Waals surface area contributed by atoms with E-state index in [1.807, 2.05) is 0 Å². The van der Waals surface area contributed by atoms with E-state index in [0.717, 1.165) is 6.26 Å². The Balaban J connectivity index is 2.50. The zero-order chi connectivity index (χ0) is 13.3. The van der Waals surface area contributed by atoms with Crippen molar-refractivity contribution in [2.75, 3.05) is 19.5 Å². The number of amides is 1. The normalized spacial score (nSPS) is 16.1. The number of hydrogen-bond donors (Lipinski definition) is 1. The topological polar surface area (TPSA) is 95.7 Å². The van der Waals surface area contributed by atoms with Crippen molar-refractivity contribution in [2.45, 2.75) is 11.0 Å². The monoisotopic (exact) mass is 271 g/mol. The summed E-state index contributed by atoms with van der Waals surface area (Å²) in [5.74, 6) is -0.659. The molecule has 7 heteroatoms. The van der Waals surface area contributed by atoms with Crippen LogP contribution in [0.4, 0.5) is 0 Å². The molecule has 0 unspecified atom stereocenters. The molecule has 0 aliphatic carbocycles. The van der Waals surface area contributed by atoms with Gasteiger partial charge in [-0.05, 0) is 12.1 Å². The van der Waals surface area contributed by atoms with Gasteiger partial charge in [-0.15, -0.1) is 0 Å². The molecule has 98 valence electrons. The summed E-state index contributed by atoms with van der Waals surface area (Å²) in [5.41, 5.74) is 5.11. The summed E-state index contributed by atoms with van der Waals surface area (Å²) in [6, 6.07) is 4.40. The molecule has 1 aliphatic rings. The molecule has 0 bridgehead atoms. The van der Waals surface area contributed by atoms with Crippen LogP contribution < -0.4 is 10.5 Å². The molecule has 1 saturated heterocycles. The van der Waals surface area contributed by atoms with E-state index >= 15 is 0 Å². The van der Waals surface area contributed by atoms with Crippen molar-refractivity contribution in [3.05, 3.63) is 23.8 Å². The highest BCUT2D eigenvalue weighted by Gasteiger charge is 2.26. The van der Waals surface area contributed by atoms with E-state index in [1.165, 1.54) is 18.2 Å². The van der Waals surface area contributed by atoms with Crippen LogP contribution in [0.1, 0.15) is 10.4 Å². The minimum Gasteiger partial charge on any atom is -0.484 e. The third kappa shape index (κ3) is 2.46. The van der Waals surface area contributed by atoms with Crippen LogP contribution >= 0.6 is 0 Å². The Morgan fingerprint density at radius 3 is 2.56 bits per heavy atom. The average Bonchev–Trinajstić information content (AvgIpc) is 2.21. The summed E-state index contributed by atoms with van der Waals surface area (Å²) in [6.45, 7) is 0.813. The van der Waals surface area contributed by atoms with Crippen molar-refractivity contribution in [1.82, 2.24) is 0 Å². The summed E-state index contributed by atoms with van der Waals surface area (Å²) < 4.78 is 33.9. The predicted molar refractivity (Wildman–Crippen MR) is 63.3 cm³/mol. The Hall–Kier alpha value is -1.60. The fourth-order valence-corrected chi connectivity index (χ4v) is 2.70. The van der Waals surface area contributed by atoms with Gasteiger partial charge in [0.25, 0.3) is 0 Å². The van der Waals surface area contributed by atoms with Crippen LogP contribution in [-0.2, 0) is 14.6 Å². The number of primary amides is 1. The fraction of sp³-hybridized carbons (Fsp3) is 0.364. The first-order chi connectivity index (χ1) is 8.39. The number of hydrogen-bond acceptors (Lipinski definition) is 5. The zero-order valence-corrected chi connectivity index (χ0v) is 10.6. The first kappa shape index (κ1) is 12.8. The van der Waals surface area contributed by atoms with Gasteiger partial charge in [0, 0.05) is 6.26 Å². The van der Waals surface area contributed by atoms with Gasteiger partial charge in [0.15, 0.2) is 9.84 Å². The highest BCUT2D eigenvalue weighted by Crippen LogP contribution is 2.29. The second kappa shape index (κ2) is 4.58. The van der Waals surface area contributed by atoms with E-state index in [1.54, 1.807) is 0 Å². The van der Waals surface area contributed by atoms with Crippen molar-refractivity contribution in [3.63, 3.8) is 0 Å². The lowest BCUT2D eigenvalue weighted by atomic mass is 10.2. The molecule has 6 nitrogen and oxygen atoms in total. The number of carbonyl (C=O) groups is 1. The molecule has 0 saturated carbocycles. The summed E-state index contributed by atoms with van der Waals surface area (Å²) >= 11 is 0. The molecular formula is C11H13NO5S. The van der Waals surface area contributed by atoms with Gasteiger partial charge < -0.3 is 15.2 Å². The van der Waals surface area contributed by atoms with E-state index in [2.05, 4.69) is 0 Å². The third-order valence-electron chi connectivity index (χ3n) is 2.52. The van der Waals surface area contributed by atoms with E-state index < -0.39 is 15.7 Å². The summed E-state index contributed by atoms with van der Waals surface area (Å²) in [4.78, 5) is 11.1. The van der Waals surface area contributed by atoms with Gasteiger partial charge in [-0.1, -0.05) is 6.07 Å². The molecule has 1 heterocycles. The van der Waals surface area contributed by atoms with Gasteiger partial charge in [-0.2, -0.15) is 0 Å². The van der Waals surface area contributed by atoms with Crippen molar-refractivity contribution < 1.29 is 22.7 Å². The van der Waals surface area contributed by atoms with Gasteiger partial charge in [0.05, 0.1) is 18.8 Å². The van der Waals surface area contributed by atoms with Gasteiger partial charge >= 0.3 is 0 Å². The highest BCUT2D eigenvalue weighted by molar-refractivity contribution is 7.90. The molecule has 0 radical (unpaired) electrons. The van der Waals surface area contributed by atoms with Gasteiger partial charge in [0.2, 0.25) is 5.91 Å². The second-order valence-corrected chi connectivity index (χ2v) is 6.00. The first-order valence-electron chi connectivity index (χ1n) is 5.27. The van der Waals surface area contributed by atoms with E-state index in [-0.39, 0.29) is 22.3 Å². The Labute approximate surface area is 105 Å². The number of ether oxygens (including phenoxy) is 2. The summed E-state index contributed by atoms with van der Waals surface area (Å²) in [7, 11) is -3.61. The largest absolute Gasteiger partial charge is 0.484 e. The fourth-order valence-electron chi connectivity index (χ4n) is 1.65. The highest BCUT2D eigenvalue weighted by atomic mass is 32.2. The second-order valence-electron chi connectivity index (χ2n) is 4.05. The molecule has 1 aliphatic heterocycles. The minimum atomic E-state index is -3.61. The molecule has 2 rings (SSSR count). The number of nitrogens with two attached hydrogens (primary N) is 1. The van der Waals surface area contributed by atoms with Crippen LogP contribution in [0.2, 0.25) is 0 Å². The van der Waals surface area contributed by atoms with Gasteiger partial charge in [-0.3, -0.25) is 4.79 Å².